The largest absolute Gasteiger partial charge is 0.289 e. The average Bonchev–Trinajstić information content (AvgIpc) is 3.24. The van der Waals surface area contributed by atoms with Crippen LogP contribution in [0.25, 0.3) is 0 Å². The molecule has 2 heterocycles. The number of hydrogen-bond donors (Lipinski definition) is 3. The fourth-order valence-electron chi connectivity index (χ4n) is 2.80. The number of benzene rings is 1. The van der Waals surface area contributed by atoms with E-state index in [0.29, 0.717) is 11.3 Å². The van der Waals surface area contributed by atoms with Crippen molar-refractivity contribution in [3.05, 3.63) is 71.8 Å². The standard InChI is InChI=1S/C18H20N6O4S/c1-13-4-6-16(7-5-13)29(27,28)24(12-14-3-2-8-19-10-14)17(18(25)22-26)9-15-11-20-23-21-15/h2-8,10-11,17,26H,9,12H2,1H3,(H,22,25)(H,20,21,23)/t17-/m1/s1. The van der Waals surface area contributed by atoms with Gasteiger partial charge in [0.05, 0.1) is 16.8 Å². The number of nitrogens with zero attached hydrogens (tertiary/aromatic N) is 4. The lowest BCUT2D eigenvalue weighted by Gasteiger charge is -2.29. The van der Waals surface area contributed by atoms with Gasteiger partial charge in [0, 0.05) is 25.4 Å². The van der Waals surface area contributed by atoms with Crippen molar-refractivity contribution in [2.75, 3.05) is 0 Å². The molecule has 0 saturated heterocycles. The molecular formula is C18H20N6O4S. The fraction of sp³-hybridized carbons (Fsp3) is 0.222. The molecule has 0 saturated carbocycles. The normalized spacial score (nSPS) is 12.7. The predicted molar refractivity (Wildman–Crippen MR) is 102 cm³/mol. The summed E-state index contributed by atoms with van der Waals surface area (Å²) in [5.74, 6) is -0.882. The summed E-state index contributed by atoms with van der Waals surface area (Å²) in [4.78, 5) is 16.5. The van der Waals surface area contributed by atoms with E-state index in [2.05, 4.69) is 20.4 Å². The molecule has 0 aliphatic heterocycles. The summed E-state index contributed by atoms with van der Waals surface area (Å²) < 4.78 is 27.9. The maximum Gasteiger partial charge on any atom is 0.262 e. The first kappa shape index (κ1) is 20.6. The number of nitrogens with one attached hydrogen (secondary N) is 2. The Bertz CT molecular complexity index is 1040. The Labute approximate surface area is 167 Å². The zero-order valence-electron chi connectivity index (χ0n) is 15.6. The molecule has 3 rings (SSSR count). The van der Waals surface area contributed by atoms with E-state index < -0.39 is 22.0 Å². The summed E-state index contributed by atoms with van der Waals surface area (Å²) in [5, 5.41) is 19.3. The van der Waals surface area contributed by atoms with Crippen molar-refractivity contribution in [1.82, 2.24) is 30.2 Å². The fourth-order valence-corrected chi connectivity index (χ4v) is 4.38. The lowest BCUT2D eigenvalue weighted by atomic mass is 10.1. The van der Waals surface area contributed by atoms with Gasteiger partial charge in [0.1, 0.15) is 6.04 Å². The van der Waals surface area contributed by atoms with Crippen LogP contribution in [0.3, 0.4) is 0 Å². The Morgan fingerprint density at radius 3 is 2.59 bits per heavy atom. The summed E-state index contributed by atoms with van der Waals surface area (Å²) >= 11 is 0. The van der Waals surface area contributed by atoms with Crippen molar-refractivity contribution in [3.8, 4) is 0 Å². The zero-order chi connectivity index (χ0) is 20.9. The number of sulfonamides is 1. The number of rotatable bonds is 8. The van der Waals surface area contributed by atoms with E-state index in [9.17, 15) is 18.4 Å². The minimum Gasteiger partial charge on any atom is -0.289 e. The molecule has 3 N–H and O–H groups in total. The number of hydroxylamine groups is 1. The second kappa shape index (κ2) is 8.90. The van der Waals surface area contributed by atoms with Gasteiger partial charge in [-0.25, -0.2) is 13.9 Å². The van der Waals surface area contributed by atoms with Crippen molar-refractivity contribution in [1.29, 1.82) is 0 Å². The van der Waals surface area contributed by atoms with E-state index >= 15 is 0 Å². The van der Waals surface area contributed by atoms with Crippen LogP contribution in [-0.2, 0) is 27.8 Å². The molecule has 0 aliphatic carbocycles. The van der Waals surface area contributed by atoms with E-state index in [1.54, 1.807) is 35.9 Å². The number of pyridine rings is 1. The third-order valence-corrected chi connectivity index (χ3v) is 6.19. The molecule has 0 unspecified atom stereocenters. The van der Waals surface area contributed by atoms with E-state index in [1.807, 2.05) is 6.92 Å². The number of amides is 1. The highest BCUT2D eigenvalue weighted by molar-refractivity contribution is 7.89. The summed E-state index contributed by atoms with van der Waals surface area (Å²) in [6.07, 6.45) is 4.38. The number of carbonyl (C=O) groups excluding carboxylic acids is 1. The Morgan fingerprint density at radius 2 is 2.00 bits per heavy atom. The highest BCUT2D eigenvalue weighted by Crippen LogP contribution is 2.23. The highest BCUT2D eigenvalue weighted by Gasteiger charge is 2.36. The number of H-pyrrole nitrogens is 1. The number of hydrogen-bond acceptors (Lipinski definition) is 7. The number of aromatic nitrogens is 4. The molecule has 1 aromatic carbocycles. The first-order chi connectivity index (χ1) is 13.9. The van der Waals surface area contributed by atoms with Gasteiger partial charge < -0.3 is 0 Å². The summed E-state index contributed by atoms with van der Waals surface area (Å²) in [7, 11) is -4.10. The van der Waals surface area contributed by atoms with Crippen LogP contribution in [0.1, 0.15) is 16.8 Å². The van der Waals surface area contributed by atoms with Gasteiger partial charge in [0.15, 0.2) is 0 Å². The van der Waals surface area contributed by atoms with Crippen LogP contribution in [0.5, 0.6) is 0 Å². The molecule has 0 bridgehead atoms. The van der Waals surface area contributed by atoms with Gasteiger partial charge in [0.2, 0.25) is 10.0 Å². The van der Waals surface area contributed by atoms with Crippen molar-refractivity contribution < 1.29 is 18.4 Å². The third-order valence-electron chi connectivity index (χ3n) is 4.32. The third kappa shape index (κ3) is 4.83. The van der Waals surface area contributed by atoms with Crippen LogP contribution >= 0.6 is 0 Å². The first-order valence-corrected chi connectivity index (χ1v) is 10.1. The van der Waals surface area contributed by atoms with E-state index in [-0.39, 0.29) is 17.9 Å². The molecule has 1 amide bonds. The van der Waals surface area contributed by atoms with Crippen molar-refractivity contribution >= 4 is 15.9 Å². The van der Waals surface area contributed by atoms with E-state index in [0.717, 1.165) is 9.87 Å². The molecular weight excluding hydrogens is 396 g/mol. The van der Waals surface area contributed by atoms with Gasteiger partial charge in [-0.3, -0.25) is 15.0 Å². The maximum atomic E-state index is 13.4. The molecule has 2 aromatic heterocycles. The molecule has 29 heavy (non-hydrogen) atoms. The lowest BCUT2D eigenvalue weighted by molar-refractivity contribution is -0.133. The molecule has 0 spiro atoms. The molecule has 3 aromatic rings. The average molecular weight is 416 g/mol. The topological polar surface area (TPSA) is 141 Å². The maximum absolute atomic E-state index is 13.4. The van der Waals surface area contributed by atoms with E-state index in [1.165, 1.54) is 24.5 Å². The highest BCUT2D eigenvalue weighted by atomic mass is 32.2. The van der Waals surface area contributed by atoms with Crippen molar-refractivity contribution in [3.63, 3.8) is 0 Å². The molecule has 0 fully saturated rings. The Kier molecular flexibility index (Phi) is 6.32. The van der Waals surface area contributed by atoms with Crippen LogP contribution in [0.2, 0.25) is 0 Å². The smallest absolute Gasteiger partial charge is 0.262 e. The minimum atomic E-state index is -4.10. The second-order valence-corrected chi connectivity index (χ2v) is 8.27. The predicted octanol–water partition coefficient (Wildman–Crippen LogP) is 0.816. The molecule has 10 nitrogen and oxygen atoms in total. The van der Waals surface area contributed by atoms with Crippen molar-refractivity contribution in [2.45, 2.75) is 30.8 Å². The second-order valence-electron chi connectivity index (χ2n) is 6.38. The SMILES string of the molecule is Cc1ccc(S(=O)(=O)N(Cc2cccnc2)[C@H](Cc2cn[nH]n2)C(=O)NO)cc1. The van der Waals surface area contributed by atoms with Gasteiger partial charge in [-0.05, 0) is 30.7 Å². The Morgan fingerprint density at radius 1 is 1.24 bits per heavy atom. The lowest BCUT2D eigenvalue weighted by Crippen LogP contribution is -2.49. The van der Waals surface area contributed by atoms with Crippen LogP contribution in [0.4, 0.5) is 0 Å². The summed E-state index contributed by atoms with van der Waals surface area (Å²) in [6.45, 7) is 1.72. The Balaban J connectivity index is 2.06. The van der Waals surface area contributed by atoms with Gasteiger partial charge in [-0.2, -0.15) is 19.7 Å². The van der Waals surface area contributed by atoms with Gasteiger partial charge in [0.25, 0.3) is 5.91 Å². The van der Waals surface area contributed by atoms with Crippen LogP contribution in [0, 0.1) is 6.92 Å². The van der Waals surface area contributed by atoms with Gasteiger partial charge >= 0.3 is 0 Å². The number of aryl methyl sites for hydroxylation is 1. The van der Waals surface area contributed by atoms with E-state index in [4.69, 9.17) is 0 Å². The Hall–Kier alpha value is -3.15. The number of carbonyl (C=O) groups is 1. The molecule has 0 aliphatic rings. The van der Waals surface area contributed by atoms with Gasteiger partial charge in [-0.1, -0.05) is 23.8 Å². The molecule has 11 heteroatoms. The summed E-state index contributed by atoms with van der Waals surface area (Å²) in [5.41, 5.74) is 3.41. The summed E-state index contributed by atoms with van der Waals surface area (Å²) in [6, 6.07) is 8.41. The minimum absolute atomic E-state index is 0.0304. The molecule has 0 radical (unpaired) electrons. The van der Waals surface area contributed by atoms with Crippen LogP contribution in [-0.4, -0.2) is 50.3 Å². The first-order valence-electron chi connectivity index (χ1n) is 8.68. The molecule has 152 valence electrons. The monoisotopic (exact) mass is 416 g/mol. The zero-order valence-corrected chi connectivity index (χ0v) is 16.4. The van der Waals surface area contributed by atoms with Gasteiger partial charge in [-0.15, -0.1) is 0 Å². The molecule has 1 atom stereocenters. The number of aromatic amines is 1. The quantitative estimate of drug-likeness (QED) is 0.364. The van der Waals surface area contributed by atoms with Crippen LogP contribution < -0.4 is 5.48 Å². The van der Waals surface area contributed by atoms with Crippen LogP contribution in [0.15, 0.2) is 59.9 Å². The van der Waals surface area contributed by atoms with Crippen molar-refractivity contribution in [2.24, 2.45) is 0 Å².